The molecule has 3 aromatic carbocycles. The maximum atomic E-state index is 13.5. The van der Waals surface area contributed by atoms with E-state index in [1.54, 1.807) is 30.5 Å². The summed E-state index contributed by atoms with van der Waals surface area (Å²) in [5.74, 6) is -0.509. The van der Waals surface area contributed by atoms with Gasteiger partial charge in [0, 0.05) is 23.8 Å². The minimum atomic E-state index is -4.89. The average Bonchev–Trinajstić information content (AvgIpc) is 3.34. The van der Waals surface area contributed by atoms with E-state index in [0.717, 1.165) is 35.6 Å². The number of nitrogens with zero attached hydrogens (tertiary/aromatic N) is 2. The zero-order chi connectivity index (χ0) is 29.0. The van der Waals surface area contributed by atoms with Crippen LogP contribution in [0.2, 0.25) is 0 Å². The molecular weight excluding hydrogens is 540 g/mol. The van der Waals surface area contributed by atoms with Crippen LogP contribution in [0.4, 0.5) is 39.5 Å². The Morgan fingerprint density at radius 2 is 1.76 bits per heavy atom. The van der Waals surface area contributed by atoms with Crippen molar-refractivity contribution < 1.29 is 27.1 Å². The Morgan fingerprint density at radius 3 is 2.49 bits per heavy atom. The smallest absolute Gasteiger partial charge is 0.419 e. The number of anilines is 3. The van der Waals surface area contributed by atoms with Crippen molar-refractivity contribution in [2.45, 2.75) is 19.0 Å². The SMILES string of the molecule is Nc1n[nH]c2c(OCCCc3cccnc3)ccc(-c3ccc(NC(=O)Nc4ccc(F)c(C(F)(F)F)c4)cc3)c12. The number of aromatic amines is 1. The molecule has 5 rings (SSSR count). The molecule has 0 aliphatic rings. The highest BCUT2D eigenvalue weighted by Gasteiger charge is 2.34. The highest BCUT2D eigenvalue weighted by molar-refractivity contribution is 6.04. The molecule has 0 spiro atoms. The average molecular weight is 565 g/mol. The van der Waals surface area contributed by atoms with Crippen LogP contribution in [0.15, 0.2) is 79.1 Å². The number of pyridine rings is 1. The van der Waals surface area contributed by atoms with Crippen molar-refractivity contribution in [3.8, 4) is 16.9 Å². The van der Waals surface area contributed by atoms with Gasteiger partial charge in [-0.15, -0.1) is 0 Å². The molecule has 0 bridgehead atoms. The molecule has 0 unspecified atom stereocenters. The van der Waals surface area contributed by atoms with Crippen LogP contribution in [0, 0.1) is 5.82 Å². The number of halogens is 4. The number of rotatable bonds is 8. The number of nitrogens with two attached hydrogens (primary N) is 1. The van der Waals surface area contributed by atoms with Crippen LogP contribution in [-0.4, -0.2) is 27.8 Å². The molecule has 2 amide bonds. The van der Waals surface area contributed by atoms with Crippen molar-refractivity contribution in [1.29, 1.82) is 0 Å². The molecule has 0 saturated heterocycles. The summed E-state index contributed by atoms with van der Waals surface area (Å²) in [5, 5.41) is 12.6. The Balaban J connectivity index is 1.25. The third-order valence-electron chi connectivity index (χ3n) is 6.28. The van der Waals surface area contributed by atoms with Crippen LogP contribution in [0.25, 0.3) is 22.0 Å². The van der Waals surface area contributed by atoms with Crippen LogP contribution >= 0.6 is 0 Å². The summed E-state index contributed by atoms with van der Waals surface area (Å²) < 4.78 is 58.4. The monoisotopic (exact) mass is 564 g/mol. The lowest BCUT2D eigenvalue weighted by atomic mass is 10.0. The van der Waals surface area contributed by atoms with Gasteiger partial charge in [0.1, 0.15) is 17.1 Å². The predicted octanol–water partition coefficient (Wildman–Crippen LogP) is 7.02. The summed E-state index contributed by atoms with van der Waals surface area (Å²) in [6.45, 7) is 0.486. The Bertz CT molecular complexity index is 1670. The summed E-state index contributed by atoms with van der Waals surface area (Å²) >= 11 is 0. The molecule has 8 nitrogen and oxygen atoms in total. The Kier molecular flexibility index (Phi) is 7.72. The number of hydrogen-bond acceptors (Lipinski definition) is 5. The maximum absolute atomic E-state index is 13.5. The largest absolute Gasteiger partial charge is 0.491 e. The number of benzene rings is 3. The molecule has 0 fully saturated rings. The van der Waals surface area contributed by atoms with Crippen LogP contribution in [-0.2, 0) is 12.6 Å². The number of nitrogen functional groups attached to an aromatic ring is 1. The lowest BCUT2D eigenvalue weighted by molar-refractivity contribution is -0.139. The highest BCUT2D eigenvalue weighted by atomic mass is 19.4. The molecule has 0 atom stereocenters. The first-order chi connectivity index (χ1) is 19.7. The molecule has 0 radical (unpaired) electrons. The third-order valence-corrected chi connectivity index (χ3v) is 6.28. The van der Waals surface area contributed by atoms with Crippen molar-refractivity contribution in [2.24, 2.45) is 0 Å². The molecule has 0 aliphatic carbocycles. The summed E-state index contributed by atoms with van der Waals surface area (Å²) in [7, 11) is 0. The van der Waals surface area contributed by atoms with E-state index in [1.165, 1.54) is 0 Å². The van der Waals surface area contributed by atoms with Gasteiger partial charge in [0.2, 0.25) is 0 Å². The molecular formula is C29H24F4N6O2. The Labute approximate surface area is 231 Å². The molecule has 5 N–H and O–H groups in total. The normalized spacial score (nSPS) is 11.4. The van der Waals surface area contributed by atoms with E-state index in [1.807, 2.05) is 30.5 Å². The number of nitrogens with one attached hydrogen (secondary N) is 3. The molecule has 0 aliphatic heterocycles. The first kappa shape index (κ1) is 27.4. The van der Waals surface area contributed by atoms with E-state index in [4.69, 9.17) is 10.5 Å². The quantitative estimate of drug-likeness (QED) is 0.119. The Morgan fingerprint density at radius 1 is 1.00 bits per heavy atom. The van der Waals surface area contributed by atoms with E-state index in [2.05, 4.69) is 25.8 Å². The zero-order valence-electron chi connectivity index (χ0n) is 21.4. The van der Waals surface area contributed by atoms with Crippen molar-refractivity contribution in [3.63, 3.8) is 0 Å². The second-order valence-electron chi connectivity index (χ2n) is 9.13. The number of fused-ring (bicyclic) bond motifs is 1. The fourth-order valence-corrected chi connectivity index (χ4v) is 4.34. The zero-order valence-corrected chi connectivity index (χ0v) is 21.4. The number of aryl methyl sites for hydroxylation is 1. The van der Waals surface area contributed by atoms with E-state index in [0.29, 0.717) is 46.9 Å². The first-order valence-electron chi connectivity index (χ1n) is 12.5. The predicted molar refractivity (Wildman–Crippen MR) is 148 cm³/mol. The van der Waals surface area contributed by atoms with E-state index in [-0.39, 0.29) is 5.69 Å². The number of amides is 2. The second kappa shape index (κ2) is 11.5. The standard InChI is InChI=1S/C29H24F4N6O2/c30-23-11-9-20(15-22(23)29(31,32)33)37-28(40)36-19-7-5-18(6-8-19)21-10-12-24(26-25(21)27(34)39-38-26)41-14-2-4-17-3-1-13-35-16-17/h1,3,5-13,15-16H,2,4,14H2,(H3,34,38,39)(H2,36,37,40). The van der Waals surface area contributed by atoms with Gasteiger partial charge in [-0.05, 0) is 78.1 Å². The van der Waals surface area contributed by atoms with Crippen molar-refractivity contribution in [2.75, 3.05) is 23.0 Å². The lowest BCUT2D eigenvalue weighted by Gasteiger charge is -2.12. The van der Waals surface area contributed by atoms with Crippen LogP contribution in [0.5, 0.6) is 5.75 Å². The summed E-state index contributed by atoms with van der Waals surface area (Å²) in [5.41, 5.74) is 8.23. The molecule has 12 heteroatoms. The van der Waals surface area contributed by atoms with E-state index in [9.17, 15) is 22.4 Å². The second-order valence-corrected chi connectivity index (χ2v) is 9.13. The summed E-state index contributed by atoms with van der Waals surface area (Å²) in [4.78, 5) is 16.5. The molecule has 2 heterocycles. The Hall–Kier alpha value is -5.13. The van der Waals surface area contributed by atoms with Gasteiger partial charge in [-0.3, -0.25) is 10.1 Å². The number of urea groups is 1. The topological polar surface area (TPSA) is 118 Å². The van der Waals surface area contributed by atoms with Crippen LogP contribution < -0.4 is 21.1 Å². The van der Waals surface area contributed by atoms with E-state index >= 15 is 0 Å². The van der Waals surface area contributed by atoms with Gasteiger partial charge < -0.3 is 21.1 Å². The molecule has 210 valence electrons. The van der Waals surface area contributed by atoms with Gasteiger partial charge in [0.15, 0.2) is 5.82 Å². The minimum absolute atomic E-state index is 0.204. The van der Waals surface area contributed by atoms with E-state index < -0.39 is 23.6 Å². The molecule has 0 saturated carbocycles. The van der Waals surface area contributed by atoms with Gasteiger partial charge in [0.05, 0.1) is 17.6 Å². The van der Waals surface area contributed by atoms with Gasteiger partial charge in [-0.25, -0.2) is 9.18 Å². The van der Waals surface area contributed by atoms with Crippen molar-refractivity contribution in [3.05, 3.63) is 96.1 Å². The highest BCUT2D eigenvalue weighted by Crippen LogP contribution is 2.37. The number of carbonyl (C=O) groups excluding carboxylic acids is 1. The molecule has 41 heavy (non-hydrogen) atoms. The fourth-order valence-electron chi connectivity index (χ4n) is 4.34. The number of ether oxygens (including phenoxy) is 1. The number of hydrogen-bond donors (Lipinski definition) is 4. The number of carbonyl (C=O) groups is 1. The first-order valence-corrected chi connectivity index (χ1v) is 12.5. The fraction of sp³-hybridized carbons (Fsp3) is 0.138. The van der Waals surface area contributed by atoms with Crippen LogP contribution in [0.3, 0.4) is 0 Å². The number of H-pyrrole nitrogens is 1. The van der Waals surface area contributed by atoms with Gasteiger partial charge >= 0.3 is 12.2 Å². The molecule has 2 aromatic heterocycles. The minimum Gasteiger partial charge on any atom is -0.491 e. The lowest BCUT2D eigenvalue weighted by Crippen LogP contribution is -2.20. The summed E-state index contributed by atoms with van der Waals surface area (Å²) in [6, 6.07) is 15.8. The van der Waals surface area contributed by atoms with Crippen molar-refractivity contribution >= 4 is 34.1 Å². The maximum Gasteiger partial charge on any atom is 0.419 e. The van der Waals surface area contributed by atoms with Crippen molar-refractivity contribution in [1.82, 2.24) is 15.2 Å². The van der Waals surface area contributed by atoms with Gasteiger partial charge in [0.25, 0.3) is 0 Å². The summed E-state index contributed by atoms with van der Waals surface area (Å²) in [6.07, 6.45) is 0.301. The number of aromatic nitrogens is 3. The number of alkyl halides is 3. The molecule has 5 aromatic rings. The van der Waals surface area contributed by atoms with Crippen LogP contribution in [0.1, 0.15) is 17.5 Å². The third kappa shape index (κ3) is 6.38. The van der Waals surface area contributed by atoms with Gasteiger partial charge in [-0.2, -0.15) is 18.3 Å². The van der Waals surface area contributed by atoms with Gasteiger partial charge in [-0.1, -0.05) is 18.2 Å².